The number of aliphatic imine (C=N–C) groups is 1. The number of aryl methyl sites for hydroxylation is 1. The van der Waals surface area contributed by atoms with Gasteiger partial charge in [0.1, 0.15) is 0 Å². The number of benzene rings is 2. The fraction of sp³-hybridized carbons (Fsp3) is 0.300. The van der Waals surface area contributed by atoms with Crippen LogP contribution in [0.2, 0.25) is 0 Å². The van der Waals surface area contributed by atoms with Crippen LogP contribution in [-0.4, -0.2) is 39.2 Å². The molecule has 1 amide bonds. The Hall–Kier alpha value is -3.22. The van der Waals surface area contributed by atoms with E-state index in [-0.39, 0.29) is 5.91 Å². The van der Waals surface area contributed by atoms with Crippen LogP contribution in [0.25, 0.3) is 0 Å². The average molecular weight is 370 g/mol. The molecule has 0 saturated carbocycles. The summed E-state index contributed by atoms with van der Waals surface area (Å²) < 4.78 is 10.5. The number of carbonyl (C=O) groups is 1. The van der Waals surface area contributed by atoms with Gasteiger partial charge in [-0.25, -0.2) is 4.99 Å². The Balaban J connectivity index is 1.77. The molecule has 0 radical (unpaired) electrons. The normalized spacial score (nSPS) is 11.0. The van der Waals surface area contributed by atoms with Gasteiger partial charge in [-0.1, -0.05) is 23.8 Å². The summed E-state index contributed by atoms with van der Waals surface area (Å²) in [4.78, 5) is 16.3. The minimum atomic E-state index is -0.110. The van der Waals surface area contributed by atoms with Crippen LogP contribution in [0.4, 0.5) is 0 Å². The van der Waals surface area contributed by atoms with Gasteiger partial charge in [0, 0.05) is 18.7 Å². The van der Waals surface area contributed by atoms with Crippen molar-refractivity contribution in [2.24, 2.45) is 10.7 Å². The second-order valence-corrected chi connectivity index (χ2v) is 5.94. The summed E-state index contributed by atoms with van der Waals surface area (Å²) in [5.41, 5.74) is 8.51. The molecule has 2 aromatic carbocycles. The third-order valence-corrected chi connectivity index (χ3v) is 3.88. The van der Waals surface area contributed by atoms with Crippen LogP contribution in [0.5, 0.6) is 11.5 Å². The van der Waals surface area contributed by atoms with Crippen LogP contribution in [0.15, 0.2) is 47.5 Å². The molecule has 144 valence electrons. The van der Waals surface area contributed by atoms with Crippen LogP contribution >= 0.6 is 0 Å². The number of rotatable bonds is 8. The topological polar surface area (TPSA) is 98.0 Å². The highest BCUT2D eigenvalue weighted by atomic mass is 16.5. The van der Waals surface area contributed by atoms with E-state index in [0.717, 1.165) is 11.1 Å². The van der Waals surface area contributed by atoms with Gasteiger partial charge in [0.25, 0.3) is 5.91 Å². The summed E-state index contributed by atoms with van der Waals surface area (Å²) in [5, 5.41) is 5.82. The first-order valence-electron chi connectivity index (χ1n) is 8.63. The van der Waals surface area contributed by atoms with Crippen LogP contribution in [0.3, 0.4) is 0 Å². The highest BCUT2D eigenvalue weighted by Gasteiger charge is 2.05. The summed E-state index contributed by atoms with van der Waals surface area (Å²) in [6, 6.07) is 13.0. The van der Waals surface area contributed by atoms with Gasteiger partial charge in [0.05, 0.1) is 20.8 Å². The molecule has 0 bridgehead atoms. The van der Waals surface area contributed by atoms with Crippen molar-refractivity contribution >= 4 is 11.9 Å². The minimum Gasteiger partial charge on any atom is -0.493 e. The van der Waals surface area contributed by atoms with E-state index in [9.17, 15) is 4.79 Å². The monoisotopic (exact) mass is 370 g/mol. The third-order valence-electron chi connectivity index (χ3n) is 3.88. The van der Waals surface area contributed by atoms with Crippen molar-refractivity contribution < 1.29 is 14.3 Å². The van der Waals surface area contributed by atoms with E-state index in [0.29, 0.717) is 42.7 Å². The predicted molar refractivity (Wildman–Crippen MR) is 106 cm³/mol. The van der Waals surface area contributed by atoms with Gasteiger partial charge >= 0.3 is 0 Å². The molecule has 2 aromatic rings. The molecule has 7 nitrogen and oxygen atoms in total. The maximum Gasteiger partial charge on any atom is 0.251 e. The Kier molecular flexibility index (Phi) is 7.49. The third kappa shape index (κ3) is 6.22. The molecular weight excluding hydrogens is 344 g/mol. The van der Waals surface area contributed by atoms with Crippen molar-refractivity contribution in [1.82, 2.24) is 10.6 Å². The van der Waals surface area contributed by atoms with Crippen molar-refractivity contribution in [3.63, 3.8) is 0 Å². The largest absolute Gasteiger partial charge is 0.493 e. The van der Waals surface area contributed by atoms with Crippen LogP contribution in [0, 0.1) is 6.92 Å². The second-order valence-electron chi connectivity index (χ2n) is 5.94. The number of nitrogens with one attached hydrogen (secondary N) is 2. The van der Waals surface area contributed by atoms with E-state index in [1.54, 1.807) is 20.3 Å². The zero-order chi connectivity index (χ0) is 19.6. The van der Waals surface area contributed by atoms with Crippen molar-refractivity contribution in [3.8, 4) is 11.5 Å². The van der Waals surface area contributed by atoms with Gasteiger partial charge in [0.2, 0.25) is 0 Å². The highest BCUT2D eigenvalue weighted by Crippen LogP contribution is 2.27. The summed E-state index contributed by atoms with van der Waals surface area (Å²) in [6.07, 6.45) is 0. The molecule has 0 heterocycles. The maximum absolute atomic E-state index is 12.0. The Morgan fingerprint density at radius 1 is 1.04 bits per heavy atom. The molecule has 0 aliphatic carbocycles. The van der Waals surface area contributed by atoms with Gasteiger partial charge in [-0.05, 0) is 36.8 Å². The summed E-state index contributed by atoms with van der Waals surface area (Å²) in [7, 11) is 3.18. The van der Waals surface area contributed by atoms with Gasteiger partial charge < -0.3 is 25.8 Å². The smallest absolute Gasteiger partial charge is 0.251 e. The van der Waals surface area contributed by atoms with Crippen LogP contribution in [-0.2, 0) is 6.54 Å². The maximum atomic E-state index is 12.0. The number of nitrogens with two attached hydrogens (primary N) is 1. The van der Waals surface area contributed by atoms with E-state index in [1.165, 1.54) is 0 Å². The van der Waals surface area contributed by atoms with Crippen molar-refractivity contribution in [3.05, 3.63) is 59.2 Å². The molecule has 27 heavy (non-hydrogen) atoms. The fourth-order valence-electron chi connectivity index (χ4n) is 2.47. The zero-order valence-corrected chi connectivity index (χ0v) is 15.9. The lowest BCUT2D eigenvalue weighted by molar-refractivity contribution is 0.0954. The number of hydrogen-bond acceptors (Lipinski definition) is 4. The average Bonchev–Trinajstić information content (AvgIpc) is 2.69. The van der Waals surface area contributed by atoms with E-state index in [4.69, 9.17) is 15.2 Å². The molecule has 0 atom stereocenters. The molecule has 0 aliphatic heterocycles. The standard InChI is InChI=1S/C20H26N4O3/c1-14-5-4-6-16(11-14)19(25)22-9-10-23-20(21)24-13-15-7-8-17(26-2)18(12-15)27-3/h4-8,11-12H,9-10,13H2,1-3H3,(H,22,25)(H3,21,23,24). The lowest BCUT2D eigenvalue weighted by Gasteiger charge is -2.09. The molecule has 7 heteroatoms. The number of guanidine groups is 1. The lowest BCUT2D eigenvalue weighted by atomic mass is 10.1. The molecule has 4 N–H and O–H groups in total. The first-order valence-corrected chi connectivity index (χ1v) is 8.63. The van der Waals surface area contributed by atoms with Crippen LogP contribution < -0.4 is 25.8 Å². The first kappa shape index (κ1) is 20.1. The fourth-order valence-corrected chi connectivity index (χ4v) is 2.47. The summed E-state index contributed by atoms with van der Waals surface area (Å²) in [5.74, 6) is 1.52. The molecule has 0 saturated heterocycles. The number of carbonyl (C=O) groups excluding carboxylic acids is 1. The molecule has 0 aromatic heterocycles. The van der Waals surface area contributed by atoms with Crippen LogP contribution in [0.1, 0.15) is 21.5 Å². The minimum absolute atomic E-state index is 0.110. The second kappa shape index (κ2) is 10.1. The number of hydrogen-bond donors (Lipinski definition) is 3. The Labute approximate surface area is 159 Å². The van der Waals surface area contributed by atoms with Crippen molar-refractivity contribution in [2.75, 3.05) is 27.3 Å². The van der Waals surface area contributed by atoms with Gasteiger partial charge in [0.15, 0.2) is 17.5 Å². The Bertz CT molecular complexity index is 806. The number of ether oxygens (including phenoxy) is 2. The van der Waals surface area contributed by atoms with E-state index < -0.39 is 0 Å². The lowest BCUT2D eigenvalue weighted by Crippen LogP contribution is -2.38. The van der Waals surface area contributed by atoms with E-state index >= 15 is 0 Å². The van der Waals surface area contributed by atoms with Crippen molar-refractivity contribution in [1.29, 1.82) is 0 Å². The highest BCUT2D eigenvalue weighted by molar-refractivity contribution is 5.94. The Morgan fingerprint density at radius 2 is 1.78 bits per heavy atom. The molecule has 0 fully saturated rings. The number of nitrogens with zero attached hydrogens (tertiary/aromatic N) is 1. The molecule has 0 aliphatic rings. The summed E-state index contributed by atoms with van der Waals surface area (Å²) in [6.45, 7) is 3.29. The quantitative estimate of drug-likeness (QED) is 0.374. The van der Waals surface area contributed by atoms with Gasteiger partial charge in [-0.3, -0.25) is 4.79 Å². The molecule has 0 spiro atoms. The molecule has 0 unspecified atom stereocenters. The van der Waals surface area contributed by atoms with E-state index in [2.05, 4.69) is 15.6 Å². The first-order chi connectivity index (χ1) is 13.0. The molecule has 2 rings (SSSR count). The molecular formula is C20H26N4O3. The zero-order valence-electron chi connectivity index (χ0n) is 15.9. The van der Waals surface area contributed by atoms with Gasteiger partial charge in [-0.15, -0.1) is 0 Å². The van der Waals surface area contributed by atoms with Gasteiger partial charge in [-0.2, -0.15) is 0 Å². The Morgan fingerprint density at radius 3 is 2.48 bits per heavy atom. The predicted octanol–water partition coefficient (Wildman–Crippen LogP) is 1.85. The summed E-state index contributed by atoms with van der Waals surface area (Å²) >= 11 is 0. The number of amides is 1. The van der Waals surface area contributed by atoms with Crippen molar-refractivity contribution in [2.45, 2.75) is 13.5 Å². The SMILES string of the molecule is COc1ccc(CN=C(N)NCCNC(=O)c2cccc(C)c2)cc1OC. The van der Waals surface area contributed by atoms with E-state index in [1.807, 2.05) is 43.3 Å². The number of methoxy groups -OCH3 is 2.